The average Bonchev–Trinajstić information content (AvgIpc) is 2.32. The molecule has 0 spiro atoms. The van der Waals surface area contributed by atoms with Crippen molar-refractivity contribution in [3.63, 3.8) is 0 Å². The second-order valence-electron chi connectivity index (χ2n) is 5.24. The highest BCUT2D eigenvalue weighted by Gasteiger charge is 2.19. The molecule has 0 saturated carbocycles. The maximum absolute atomic E-state index is 4.36. The van der Waals surface area contributed by atoms with Gasteiger partial charge in [-0.3, -0.25) is 0 Å². The van der Waals surface area contributed by atoms with E-state index in [9.17, 15) is 0 Å². The maximum Gasteiger partial charge on any atom is 0.0820 e. The van der Waals surface area contributed by atoms with Crippen molar-refractivity contribution in [1.29, 1.82) is 0 Å². The Morgan fingerprint density at radius 2 is 1.47 bits per heavy atom. The summed E-state index contributed by atoms with van der Waals surface area (Å²) in [7, 11) is 0. The molecule has 0 N–H and O–H groups in total. The van der Waals surface area contributed by atoms with Crippen LogP contribution in [0.15, 0.2) is 29.2 Å². The summed E-state index contributed by atoms with van der Waals surface area (Å²) in [5.41, 5.74) is 5.32. The summed E-state index contributed by atoms with van der Waals surface area (Å²) in [5.74, 6) is 6.01. The Labute approximate surface area is 116 Å². The summed E-state index contributed by atoms with van der Waals surface area (Å²) in [5, 5.41) is 0. The van der Waals surface area contributed by atoms with Gasteiger partial charge in [-0.15, -0.1) is 0 Å². The SMILES string of the molecule is C=C=Nc1c(C)cc(C(C)C)c(N=C=C)c1C(C)C. The molecule has 0 fully saturated rings. The predicted octanol–water partition coefficient (Wildman–Crippen LogP) is 5.22. The second-order valence-corrected chi connectivity index (χ2v) is 5.24. The van der Waals surface area contributed by atoms with Crippen molar-refractivity contribution in [2.24, 2.45) is 9.98 Å². The average molecular weight is 254 g/mol. The maximum atomic E-state index is 4.36. The number of rotatable bonds is 4. The third-order valence-corrected chi connectivity index (χ3v) is 3.11. The summed E-state index contributed by atoms with van der Waals surface area (Å²) < 4.78 is 0. The van der Waals surface area contributed by atoms with E-state index < -0.39 is 0 Å². The molecule has 0 aliphatic carbocycles. The zero-order valence-electron chi connectivity index (χ0n) is 12.5. The van der Waals surface area contributed by atoms with Gasteiger partial charge in [-0.2, -0.15) is 0 Å². The first-order valence-corrected chi connectivity index (χ1v) is 6.57. The highest BCUT2D eigenvalue weighted by atomic mass is 14.8. The van der Waals surface area contributed by atoms with Crippen LogP contribution in [0, 0.1) is 6.92 Å². The van der Waals surface area contributed by atoms with Crippen LogP contribution in [-0.4, -0.2) is 11.7 Å². The summed E-state index contributed by atoms with van der Waals surface area (Å²) in [6.07, 6.45) is 0. The van der Waals surface area contributed by atoms with E-state index in [1.54, 1.807) is 0 Å². The molecule has 2 nitrogen and oxygen atoms in total. The van der Waals surface area contributed by atoms with Crippen LogP contribution in [-0.2, 0) is 0 Å². The van der Waals surface area contributed by atoms with Gasteiger partial charge in [0.05, 0.1) is 11.4 Å². The van der Waals surface area contributed by atoms with Crippen LogP contribution in [0.2, 0.25) is 0 Å². The Morgan fingerprint density at radius 1 is 0.947 bits per heavy atom. The molecule has 0 aromatic heterocycles. The molecule has 1 rings (SSSR count). The molecular formula is C17H22N2. The van der Waals surface area contributed by atoms with Crippen molar-refractivity contribution in [1.82, 2.24) is 0 Å². The second kappa shape index (κ2) is 6.33. The van der Waals surface area contributed by atoms with Crippen molar-refractivity contribution < 1.29 is 0 Å². The Kier molecular flexibility index (Phi) is 5.06. The summed E-state index contributed by atoms with van der Waals surface area (Å²) in [4.78, 5) is 8.67. The number of nitrogens with zero attached hydrogens (tertiary/aromatic N) is 2. The Bertz CT molecular complexity index is 567. The number of hydrogen-bond acceptors (Lipinski definition) is 2. The fourth-order valence-corrected chi connectivity index (χ4v) is 2.27. The lowest BCUT2D eigenvalue weighted by Crippen LogP contribution is -1.98. The first-order chi connectivity index (χ1) is 8.93. The van der Waals surface area contributed by atoms with E-state index in [0.717, 1.165) is 22.5 Å². The summed E-state index contributed by atoms with van der Waals surface area (Å²) in [6, 6.07) is 2.14. The lowest BCUT2D eigenvalue weighted by molar-refractivity contribution is 0.833. The smallest absolute Gasteiger partial charge is 0.0820 e. The van der Waals surface area contributed by atoms with E-state index >= 15 is 0 Å². The molecule has 0 unspecified atom stereocenters. The van der Waals surface area contributed by atoms with Crippen molar-refractivity contribution in [3.05, 3.63) is 35.9 Å². The van der Waals surface area contributed by atoms with Gasteiger partial charge < -0.3 is 0 Å². The molecule has 1 aromatic carbocycles. The van der Waals surface area contributed by atoms with E-state index in [4.69, 9.17) is 0 Å². The predicted molar refractivity (Wildman–Crippen MR) is 84.8 cm³/mol. The van der Waals surface area contributed by atoms with Crippen LogP contribution in [0.4, 0.5) is 11.4 Å². The number of benzene rings is 1. The van der Waals surface area contributed by atoms with Gasteiger partial charge in [0, 0.05) is 5.56 Å². The molecule has 0 bridgehead atoms. The monoisotopic (exact) mass is 254 g/mol. The molecule has 0 saturated heterocycles. The largest absolute Gasteiger partial charge is 0.206 e. The van der Waals surface area contributed by atoms with E-state index in [-0.39, 0.29) is 0 Å². The van der Waals surface area contributed by atoms with Crippen LogP contribution in [0.1, 0.15) is 56.2 Å². The van der Waals surface area contributed by atoms with Crippen molar-refractivity contribution >= 4 is 23.1 Å². The van der Waals surface area contributed by atoms with E-state index in [0.29, 0.717) is 11.8 Å². The Hall–Kier alpha value is -1.88. The molecule has 0 heterocycles. The topological polar surface area (TPSA) is 24.7 Å². The zero-order chi connectivity index (χ0) is 14.6. The Balaban J connectivity index is 3.85. The lowest BCUT2D eigenvalue weighted by Gasteiger charge is -2.19. The molecule has 100 valence electrons. The van der Waals surface area contributed by atoms with E-state index in [1.807, 2.05) is 0 Å². The van der Waals surface area contributed by atoms with Crippen LogP contribution >= 0.6 is 0 Å². The fourth-order valence-electron chi connectivity index (χ4n) is 2.27. The van der Waals surface area contributed by atoms with Crippen LogP contribution < -0.4 is 0 Å². The highest BCUT2D eigenvalue weighted by molar-refractivity contribution is 5.74. The minimum absolute atomic E-state index is 0.316. The van der Waals surface area contributed by atoms with Crippen LogP contribution in [0.25, 0.3) is 0 Å². The van der Waals surface area contributed by atoms with Crippen LogP contribution in [0.5, 0.6) is 0 Å². The fraction of sp³-hybridized carbons (Fsp3) is 0.412. The third kappa shape index (κ3) is 3.12. The van der Waals surface area contributed by atoms with Gasteiger partial charge in [0.2, 0.25) is 0 Å². The van der Waals surface area contributed by atoms with E-state index in [1.165, 1.54) is 5.56 Å². The quantitative estimate of drug-likeness (QED) is 0.658. The minimum Gasteiger partial charge on any atom is -0.206 e. The van der Waals surface area contributed by atoms with Crippen molar-refractivity contribution in [2.45, 2.75) is 46.5 Å². The van der Waals surface area contributed by atoms with Gasteiger partial charge in [0.25, 0.3) is 0 Å². The lowest BCUT2D eigenvalue weighted by atomic mass is 9.89. The van der Waals surface area contributed by atoms with Gasteiger partial charge in [0.1, 0.15) is 0 Å². The summed E-state index contributed by atoms with van der Waals surface area (Å²) >= 11 is 0. The normalized spacial score (nSPS) is 10.3. The standard InChI is InChI=1S/C17H22N2/c1-8-18-16-13(7)10-14(11(3)4)17(19-9-2)15(16)12(5)6/h10-12H,1-2H2,3-7H3. The molecule has 0 aliphatic rings. The molecule has 0 amide bonds. The zero-order valence-corrected chi connectivity index (χ0v) is 12.5. The first kappa shape index (κ1) is 15.2. The summed E-state index contributed by atoms with van der Waals surface area (Å²) in [6.45, 7) is 17.9. The number of aryl methyl sites for hydroxylation is 1. The molecule has 1 aromatic rings. The highest BCUT2D eigenvalue weighted by Crippen LogP contribution is 2.42. The molecule has 0 atom stereocenters. The first-order valence-electron chi connectivity index (χ1n) is 6.57. The molecular weight excluding hydrogens is 232 g/mol. The molecule has 0 radical (unpaired) electrons. The molecule has 19 heavy (non-hydrogen) atoms. The van der Waals surface area contributed by atoms with Gasteiger partial charge in [-0.25, -0.2) is 9.98 Å². The molecule has 0 aliphatic heterocycles. The minimum atomic E-state index is 0.316. The number of hydrogen-bond donors (Lipinski definition) is 0. The Morgan fingerprint density at radius 3 is 1.89 bits per heavy atom. The third-order valence-electron chi connectivity index (χ3n) is 3.11. The van der Waals surface area contributed by atoms with Gasteiger partial charge in [0.15, 0.2) is 0 Å². The van der Waals surface area contributed by atoms with Gasteiger partial charge >= 0.3 is 0 Å². The molecule has 2 heteroatoms. The van der Waals surface area contributed by atoms with Crippen molar-refractivity contribution in [3.8, 4) is 0 Å². The van der Waals surface area contributed by atoms with Gasteiger partial charge in [-0.1, -0.05) is 33.8 Å². The van der Waals surface area contributed by atoms with Crippen LogP contribution in [0.3, 0.4) is 0 Å². The van der Waals surface area contributed by atoms with Crippen molar-refractivity contribution in [2.75, 3.05) is 0 Å². The van der Waals surface area contributed by atoms with E-state index in [2.05, 4.69) is 75.6 Å². The van der Waals surface area contributed by atoms with Gasteiger partial charge in [-0.05, 0) is 54.8 Å². The number of aliphatic imine (C=N–C) groups is 2.